The smallest absolute Gasteiger partial charge is 0.295 e. The van der Waals surface area contributed by atoms with Gasteiger partial charge in [0.25, 0.3) is 5.56 Å². The van der Waals surface area contributed by atoms with E-state index in [0.29, 0.717) is 22.4 Å². The predicted molar refractivity (Wildman–Crippen MR) is 156 cm³/mol. The van der Waals surface area contributed by atoms with E-state index in [1.54, 1.807) is 37.1 Å². The van der Waals surface area contributed by atoms with Crippen molar-refractivity contribution in [3.63, 3.8) is 0 Å². The van der Waals surface area contributed by atoms with Crippen LogP contribution in [0.15, 0.2) is 76.0 Å². The lowest BCUT2D eigenvalue weighted by atomic mass is 10.2. The van der Waals surface area contributed by atoms with Crippen LogP contribution in [0.4, 0.5) is 5.69 Å². The van der Waals surface area contributed by atoms with Crippen LogP contribution < -0.4 is 15.6 Å². The van der Waals surface area contributed by atoms with E-state index in [4.69, 9.17) is 4.74 Å². The Morgan fingerprint density at radius 3 is 2.54 bits per heavy atom. The number of hydrogen-bond donors (Lipinski definition) is 1. The van der Waals surface area contributed by atoms with Crippen molar-refractivity contribution in [2.75, 3.05) is 12.4 Å². The average Bonchev–Trinajstić information content (AvgIpc) is 3.65. The molecule has 0 aliphatic heterocycles. The molecule has 0 spiro atoms. The number of ether oxygens (including phenoxy) is 1. The third-order valence-corrected chi connectivity index (χ3v) is 8.31. The standard InChI is InChI=1S/C28H28N6O3S2/c1-17-13-14-22(37-5)21(16-17)33-25(23-12-9-15-38-23)30-31-28(33)39-19(3)26(35)29-24-18(2)32(4)34(27(24)36)20-10-7-6-8-11-20/h6-16,19H,1-5H3,(H,29,35)/t19-/m1/s1. The molecule has 0 bridgehead atoms. The first-order valence-electron chi connectivity index (χ1n) is 12.3. The third-order valence-electron chi connectivity index (χ3n) is 6.40. The van der Waals surface area contributed by atoms with Gasteiger partial charge in [0.2, 0.25) is 5.91 Å². The Morgan fingerprint density at radius 2 is 1.85 bits per heavy atom. The van der Waals surface area contributed by atoms with Crippen molar-refractivity contribution in [3.8, 4) is 27.8 Å². The Kier molecular flexibility index (Phi) is 7.45. The molecule has 9 nitrogen and oxygen atoms in total. The second-order valence-electron chi connectivity index (χ2n) is 8.98. The lowest BCUT2D eigenvalue weighted by molar-refractivity contribution is -0.115. The maximum atomic E-state index is 13.4. The van der Waals surface area contributed by atoms with Gasteiger partial charge in [-0.15, -0.1) is 21.5 Å². The highest BCUT2D eigenvalue weighted by molar-refractivity contribution is 8.00. The number of amides is 1. The predicted octanol–water partition coefficient (Wildman–Crippen LogP) is 5.23. The fourth-order valence-corrected chi connectivity index (χ4v) is 5.81. The molecule has 0 aliphatic carbocycles. The van der Waals surface area contributed by atoms with Gasteiger partial charge in [-0.1, -0.05) is 42.1 Å². The fourth-order valence-electron chi connectivity index (χ4n) is 4.25. The van der Waals surface area contributed by atoms with Gasteiger partial charge in [-0.2, -0.15) is 0 Å². The molecule has 39 heavy (non-hydrogen) atoms. The van der Waals surface area contributed by atoms with Crippen LogP contribution in [-0.4, -0.2) is 42.4 Å². The number of anilines is 1. The highest BCUT2D eigenvalue weighted by atomic mass is 32.2. The molecule has 0 saturated heterocycles. The first-order chi connectivity index (χ1) is 18.8. The van der Waals surface area contributed by atoms with Crippen molar-refractivity contribution >= 4 is 34.7 Å². The summed E-state index contributed by atoms with van der Waals surface area (Å²) in [7, 11) is 3.41. The molecule has 5 rings (SSSR count). The summed E-state index contributed by atoms with van der Waals surface area (Å²) in [6.45, 7) is 5.60. The van der Waals surface area contributed by atoms with Crippen LogP contribution in [0, 0.1) is 13.8 Å². The van der Waals surface area contributed by atoms with E-state index in [1.807, 2.05) is 84.5 Å². The molecular weight excluding hydrogens is 532 g/mol. The van der Waals surface area contributed by atoms with Gasteiger partial charge in [-0.3, -0.25) is 18.8 Å². The van der Waals surface area contributed by atoms with Gasteiger partial charge in [-0.05, 0) is 62.0 Å². The van der Waals surface area contributed by atoms with Gasteiger partial charge in [0.15, 0.2) is 11.0 Å². The molecule has 3 aromatic heterocycles. The number of aromatic nitrogens is 5. The molecule has 200 valence electrons. The molecule has 5 aromatic rings. The van der Waals surface area contributed by atoms with E-state index in [-0.39, 0.29) is 17.2 Å². The molecule has 0 aliphatic rings. The summed E-state index contributed by atoms with van der Waals surface area (Å²) in [6, 6.07) is 19.1. The van der Waals surface area contributed by atoms with Crippen LogP contribution >= 0.6 is 23.1 Å². The number of thioether (sulfide) groups is 1. The van der Waals surface area contributed by atoms with E-state index in [9.17, 15) is 9.59 Å². The molecule has 0 fully saturated rings. The SMILES string of the molecule is COc1ccc(C)cc1-n1c(S[C@H](C)C(=O)Nc2c(C)n(C)n(-c3ccccc3)c2=O)nnc1-c1cccs1. The zero-order chi connectivity index (χ0) is 27.7. The van der Waals surface area contributed by atoms with E-state index >= 15 is 0 Å². The summed E-state index contributed by atoms with van der Waals surface area (Å²) < 4.78 is 10.9. The number of aryl methyl sites for hydroxylation is 1. The molecule has 11 heteroatoms. The quantitative estimate of drug-likeness (QED) is 0.261. The summed E-state index contributed by atoms with van der Waals surface area (Å²) in [5, 5.41) is 13.7. The number of nitrogens with zero attached hydrogens (tertiary/aromatic N) is 5. The molecule has 1 atom stereocenters. The minimum atomic E-state index is -0.580. The molecule has 0 radical (unpaired) electrons. The van der Waals surface area contributed by atoms with Crippen LogP contribution in [0.1, 0.15) is 18.2 Å². The first-order valence-corrected chi connectivity index (χ1v) is 14.0. The lowest BCUT2D eigenvalue weighted by Gasteiger charge is -2.16. The van der Waals surface area contributed by atoms with Crippen molar-refractivity contribution in [1.29, 1.82) is 0 Å². The maximum Gasteiger partial charge on any atom is 0.295 e. The molecule has 0 saturated carbocycles. The molecule has 2 aromatic carbocycles. The topological polar surface area (TPSA) is 96.0 Å². The monoisotopic (exact) mass is 560 g/mol. The molecule has 1 amide bonds. The van der Waals surface area contributed by atoms with Gasteiger partial charge in [-0.25, -0.2) is 4.68 Å². The third kappa shape index (κ3) is 5.02. The fraction of sp³-hybridized carbons (Fsp3) is 0.214. The van der Waals surface area contributed by atoms with Crippen LogP contribution in [0.2, 0.25) is 0 Å². The molecule has 0 unspecified atom stereocenters. The number of carbonyl (C=O) groups excluding carboxylic acids is 1. The highest BCUT2D eigenvalue weighted by Gasteiger charge is 2.26. The Bertz CT molecular complexity index is 1690. The Morgan fingerprint density at radius 1 is 1.08 bits per heavy atom. The van der Waals surface area contributed by atoms with Gasteiger partial charge in [0, 0.05) is 7.05 Å². The van der Waals surface area contributed by atoms with E-state index in [2.05, 4.69) is 15.5 Å². The van der Waals surface area contributed by atoms with Crippen LogP contribution in [-0.2, 0) is 11.8 Å². The van der Waals surface area contributed by atoms with E-state index in [1.165, 1.54) is 16.4 Å². The van der Waals surface area contributed by atoms with Crippen LogP contribution in [0.5, 0.6) is 5.75 Å². The minimum Gasteiger partial charge on any atom is -0.495 e. The molecular formula is C28H28N6O3S2. The number of para-hydroxylation sites is 1. The summed E-state index contributed by atoms with van der Waals surface area (Å²) in [6.07, 6.45) is 0. The van der Waals surface area contributed by atoms with Gasteiger partial charge in [0.1, 0.15) is 11.4 Å². The van der Waals surface area contributed by atoms with Crippen molar-refractivity contribution < 1.29 is 9.53 Å². The zero-order valence-electron chi connectivity index (χ0n) is 22.2. The largest absolute Gasteiger partial charge is 0.495 e. The minimum absolute atomic E-state index is 0.250. The summed E-state index contributed by atoms with van der Waals surface area (Å²) >= 11 is 2.82. The van der Waals surface area contributed by atoms with Gasteiger partial charge >= 0.3 is 0 Å². The summed E-state index contributed by atoms with van der Waals surface area (Å²) in [4.78, 5) is 27.6. The number of thiophene rings is 1. The number of rotatable bonds is 8. The van der Waals surface area contributed by atoms with Crippen molar-refractivity contribution in [2.45, 2.75) is 31.2 Å². The highest BCUT2D eigenvalue weighted by Crippen LogP contribution is 2.36. The first kappa shape index (κ1) is 26.5. The number of carbonyl (C=O) groups is 1. The molecule has 1 N–H and O–H groups in total. The second kappa shape index (κ2) is 11.0. The Balaban J connectivity index is 1.47. The second-order valence-corrected chi connectivity index (χ2v) is 11.2. The Labute approximate surface area is 234 Å². The normalized spacial score (nSPS) is 11.9. The van der Waals surface area contributed by atoms with Crippen molar-refractivity contribution in [3.05, 3.63) is 87.7 Å². The number of methoxy groups -OCH3 is 1. The summed E-state index contributed by atoms with van der Waals surface area (Å²) in [5.74, 6) is 1.02. The molecule has 3 heterocycles. The number of nitrogens with one attached hydrogen (secondary N) is 1. The maximum absolute atomic E-state index is 13.4. The van der Waals surface area contributed by atoms with Gasteiger partial charge in [0.05, 0.1) is 34.3 Å². The average molecular weight is 561 g/mol. The van der Waals surface area contributed by atoms with Crippen LogP contribution in [0.25, 0.3) is 22.1 Å². The Hall–Kier alpha value is -4.09. The lowest BCUT2D eigenvalue weighted by Crippen LogP contribution is -2.27. The van der Waals surface area contributed by atoms with Crippen molar-refractivity contribution in [1.82, 2.24) is 24.1 Å². The zero-order valence-corrected chi connectivity index (χ0v) is 23.8. The van der Waals surface area contributed by atoms with Crippen molar-refractivity contribution in [2.24, 2.45) is 7.05 Å². The number of benzene rings is 2. The summed E-state index contributed by atoms with van der Waals surface area (Å²) in [5.41, 5.74) is 3.16. The van der Waals surface area contributed by atoms with E-state index < -0.39 is 5.25 Å². The van der Waals surface area contributed by atoms with Gasteiger partial charge < -0.3 is 10.1 Å². The van der Waals surface area contributed by atoms with E-state index in [0.717, 1.165) is 21.8 Å². The number of hydrogen-bond acceptors (Lipinski definition) is 7. The van der Waals surface area contributed by atoms with Crippen LogP contribution in [0.3, 0.4) is 0 Å².